The maximum atomic E-state index is 13.5. The highest BCUT2D eigenvalue weighted by molar-refractivity contribution is 6.08. The van der Waals surface area contributed by atoms with E-state index >= 15 is 0 Å². The van der Waals surface area contributed by atoms with Gasteiger partial charge in [0.1, 0.15) is 18.1 Å². The summed E-state index contributed by atoms with van der Waals surface area (Å²) in [7, 11) is 0. The Morgan fingerprint density at radius 2 is 2.19 bits per heavy atom. The van der Waals surface area contributed by atoms with E-state index in [1.54, 1.807) is 29.3 Å². The van der Waals surface area contributed by atoms with Crippen molar-refractivity contribution in [1.29, 1.82) is 0 Å². The number of aliphatic hydroxyl groups excluding tert-OH is 1. The predicted octanol–water partition coefficient (Wildman–Crippen LogP) is 1.47. The zero-order chi connectivity index (χ0) is 22.0. The fourth-order valence-electron chi connectivity index (χ4n) is 3.76. The highest BCUT2D eigenvalue weighted by Crippen LogP contribution is 2.27. The number of nitrogens with zero attached hydrogens (tertiary/aromatic N) is 4. The first-order chi connectivity index (χ1) is 14.9. The summed E-state index contributed by atoms with van der Waals surface area (Å²) >= 11 is 0. The lowest BCUT2D eigenvalue weighted by Gasteiger charge is -2.25. The van der Waals surface area contributed by atoms with Crippen LogP contribution >= 0.6 is 0 Å². The van der Waals surface area contributed by atoms with Crippen LogP contribution in [0, 0.1) is 0 Å². The Morgan fingerprint density at radius 1 is 1.35 bits per heavy atom. The van der Waals surface area contributed by atoms with Crippen LogP contribution in [-0.2, 0) is 11.2 Å². The average Bonchev–Trinajstić information content (AvgIpc) is 3.39. The molecule has 0 aliphatic carbocycles. The average molecular weight is 425 g/mol. The van der Waals surface area contributed by atoms with Gasteiger partial charge >= 0.3 is 0 Å². The predicted molar refractivity (Wildman–Crippen MR) is 115 cm³/mol. The molecule has 9 heteroatoms. The highest BCUT2D eigenvalue weighted by atomic mass is 16.5. The summed E-state index contributed by atoms with van der Waals surface area (Å²) in [4.78, 5) is 38.0. The zero-order valence-electron chi connectivity index (χ0n) is 17.7. The molecule has 4 rings (SSSR count). The van der Waals surface area contributed by atoms with E-state index in [4.69, 9.17) is 4.74 Å². The summed E-state index contributed by atoms with van der Waals surface area (Å²) in [6, 6.07) is 7.04. The van der Waals surface area contributed by atoms with Gasteiger partial charge in [0.15, 0.2) is 0 Å². The SMILES string of the molecule is CC(C)Nc1nccc(N(CC(=O)N2CC[C@@H](O)C2)C(=O)c2ccc3c(c2)CCO3)n1. The number of aliphatic hydroxyl groups is 1. The second-order valence-corrected chi connectivity index (χ2v) is 8.13. The number of carbonyl (C=O) groups is 2. The molecule has 1 fully saturated rings. The molecule has 0 radical (unpaired) electrons. The third kappa shape index (κ3) is 4.77. The number of likely N-dealkylation sites (tertiary alicyclic amines) is 1. The minimum absolute atomic E-state index is 0.115. The summed E-state index contributed by atoms with van der Waals surface area (Å²) in [6.07, 6.45) is 2.33. The molecule has 1 aromatic heterocycles. The molecule has 2 aliphatic heterocycles. The van der Waals surface area contributed by atoms with Crippen molar-refractivity contribution in [3.8, 4) is 5.75 Å². The number of nitrogens with one attached hydrogen (secondary N) is 1. The van der Waals surface area contributed by atoms with Crippen molar-refractivity contribution in [2.24, 2.45) is 0 Å². The fraction of sp³-hybridized carbons (Fsp3) is 0.455. The molecule has 31 heavy (non-hydrogen) atoms. The number of carbonyl (C=O) groups excluding carboxylic acids is 2. The van der Waals surface area contributed by atoms with Gasteiger partial charge in [-0.2, -0.15) is 4.98 Å². The molecule has 2 aromatic rings. The second-order valence-electron chi connectivity index (χ2n) is 8.13. The Bertz CT molecular complexity index is 980. The Morgan fingerprint density at radius 3 is 2.94 bits per heavy atom. The van der Waals surface area contributed by atoms with Gasteiger partial charge in [-0.15, -0.1) is 0 Å². The minimum atomic E-state index is -0.522. The van der Waals surface area contributed by atoms with Crippen LogP contribution in [0.25, 0.3) is 0 Å². The first-order valence-corrected chi connectivity index (χ1v) is 10.5. The monoisotopic (exact) mass is 425 g/mol. The standard InChI is InChI=1S/C22H27N5O4/c1-14(2)24-22-23-8-5-19(25-22)27(13-20(29)26-9-6-17(28)12-26)21(30)16-3-4-18-15(11-16)7-10-31-18/h3-5,8,11,14,17,28H,6-7,9-10,12-13H2,1-2H3,(H,23,24,25)/t17-/m1/s1. The number of aromatic nitrogens is 2. The molecule has 164 valence electrons. The first kappa shape index (κ1) is 21.0. The number of ether oxygens (including phenoxy) is 1. The van der Waals surface area contributed by atoms with E-state index in [-0.39, 0.29) is 30.9 Å². The molecular formula is C22H27N5O4. The lowest BCUT2D eigenvalue weighted by molar-refractivity contribution is -0.129. The van der Waals surface area contributed by atoms with Gasteiger partial charge < -0.3 is 20.1 Å². The summed E-state index contributed by atoms with van der Waals surface area (Å²) in [5, 5.41) is 12.9. The topological polar surface area (TPSA) is 108 Å². The number of amides is 2. The maximum Gasteiger partial charge on any atom is 0.259 e. The van der Waals surface area contributed by atoms with Gasteiger partial charge in [-0.1, -0.05) is 0 Å². The van der Waals surface area contributed by atoms with Crippen molar-refractivity contribution in [2.75, 3.05) is 36.5 Å². The Hall–Kier alpha value is -3.20. The second kappa shape index (κ2) is 8.89. The van der Waals surface area contributed by atoms with Crippen LogP contribution in [0.5, 0.6) is 5.75 Å². The van der Waals surface area contributed by atoms with Crippen LogP contribution in [-0.4, -0.2) is 70.2 Å². The van der Waals surface area contributed by atoms with Gasteiger partial charge in [-0.05, 0) is 50.1 Å². The molecule has 0 saturated carbocycles. The van der Waals surface area contributed by atoms with Crippen LogP contribution in [0.15, 0.2) is 30.5 Å². The van der Waals surface area contributed by atoms with Crippen molar-refractivity contribution in [3.05, 3.63) is 41.6 Å². The van der Waals surface area contributed by atoms with E-state index in [1.807, 2.05) is 19.9 Å². The largest absolute Gasteiger partial charge is 0.493 e. The molecule has 2 aliphatic rings. The van der Waals surface area contributed by atoms with Gasteiger partial charge in [0.2, 0.25) is 11.9 Å². The van der Waals surface area contributed by atoms with Crippen LogP contribution in [0.3, 0.4) is 0 Å². The van der Waals surface area contributed by atoms with E-state index in [2.05, 4.69) is 15.3 Å². The lowest BCUT2D eigenvalue weighted by Crippen LogP contribution is -2.43. The quantitative estimate of drug-likeness (QED) is 0.722. The Kier molecular flexibility index (Phi) is 6.03. The van der Waals surface area contributed by atoms with E-state index in [1.165, 1.54) is 4.90 Å². The molecule has 9 nitrogen and oxygen atoms in total. The molecule has 2 amide bonds. The molecule has 0 bridgehead atoms. The van der Waals surface area contributed by atoms with E-state index in [9.17, 15) is 14.7 Å². The van der Waals surface area contributed by atoms with Gasteiger partial charge in [0.05, 0.1) is 12.7 Å². The Balaban J connectivity index is 1.63. The van der Waals surface area contributed by atoms with Crippen molar-refractivity contribution in [2.45, 2.75) is 38.8 Å². The van der Waals surface area contributed by atoms with Gasteiger partial charge in [-0.25, -0.2) is 4.98 Å². The van der Waals surface area contributed by atoms with Crippen molar-refractivity contribution < 1.29 is 19.4 Å². The third-order valence-electron chi connectivity index (χ3n) is 5.33. The summed E-state index contributed by atoms with van der Waals surface area (Å²) in [5.74, 6) is 0.962. The number of β-amino-alcohol motifs (C(OH)–C–C–N with tert-alkyl or cyclic N) is 1. The number of anilines is 2. The number of rotatable bonds is 6. The number of fused-ring (bicyclic) bond motifs is 1. The molecule has 3 heterocycles. The normalized spacial score (nSPS) is 17.4. The molecule has 0 spiro atoms. The van der Waals surface area contributed by atoms with E-state index in [0.29, 0.717) is 36.9 Å². The van der Waals surface area contributed by atoms with Gasteiger partial charge in [0, 0.05) is 37.3 Å². The van der Waals surface area contributed by atoms with Crippen LogP contribution in [0.1, 0.15) is 36.2 Å². The minimum Gasteiger partial charge on any atom is -0.493 e. The first-order valence-electron chi connectivity index (χ1n) is 10.5. The number of hydrogen-bond donors (Lipinski definition) is 2. The van der Waals surface area contributed by atoms with Crippen molar-refractivity contribution in [3.63, 3.8) is 0 Å². The van der Waals surface area contributed by atoms with E-state index in [0.717, 1.165) is 17.7 Å². The summed E-state index contributed by atoms with van der Waals surface area (Å²) < 4.78 is 5.53. The summed E-state index contributed by atoms with van der Waals surface area (Å²) in [6.45, 7) is 5.12. The van der Waals surface area contributed by atoms with Crippen LogP contribution in [0.4, 0.5) is 11.8 Å². The maximum absolute atomic E-state index is 13.5. The molecule has 2 N–H and O–H groups in total. The molecule has 1 aromatic carbocycles. The smallest absolute Gasteiger partial charge is 0.259 e. The number of benzene rings is 1. The summed E-state index contributed by atoms with van der Waals surface area (Å²) in [5.41, 5.74) is 1.44. The fourth-order valence-corrected chi connectivity index (χ4v) is 3.76. The number of hydrogen-bond acceptors (Lipinski definition) is 7. The molecule has 1 atom stereocenters. The Labute approximate surface area is 181 Å². The zero-order valence-corrected chi connectivity index (χ0v) is 17.7. The van der Waals surface area contributed by atoms with Crippen LogP contribution < -0.4 is 15.0 Å². The van der Waals surface area contributed by atoms with Gasteiger partial charge in [0.25, 0.3) is 5.91 Å². The molecule has 1 saturated heterocycles. The molecular weight excluding hydrogens is 398 g/mol. The van der Waals surface area contributed by atoms with E-state index < -0.39 is 6.10 Å². The highest BCUT2D eigenvalue weighted by Gasteiger charge is 2.29. The van der Waals surface area contributed by atoms with Gasteiger partial charge in [-0.3, -0.25) is 14.5 Å². The third-order valence-corrected chi connectivity index (χ3v) is 5.33. The van der Waals surface area contributed by atoms with Crippen LogP contribution in [0.2, 0.25) is 0 Å². The van der Waals surface area contributed by atoms with Crippen molar-refractivity contribution >= 4 is 23.6 Å². The lowest BCUT2D eigenvalue weighted by atomic mass is 10.1. The molecule has 0 unspecified atom stereocenters. The van der Waals surface area contributed by atoms with Crippen molar-refractivity contribution in [1.82, 2.24) is 14.9 Å².